The molecule has 0 unspecified atom stereocenters. The monoisotopic (exact) mass is 194 g/mol. The minimum atomic E-state index is 0.969. The van der Waals surface area contributed by atoms with Gasteiger partial charge in [0.2, 0.25) is 0 Å². The Bertz CT molecular complexity index is 571. The minimum absolute atomic E-state index is 0.969. The van der Waals surface area contributed by atoms with E-state index in [-0.39, 0.29) is 0 Å². The van der Waals surface area contributed by atoms with E-state index in [0.29, 0.717) is 0 Å². The molecule has 0 fully saturated rings. The summed E-state index contributed by atoms with van der Waals surface area (Å²) < 4.78 is 5.35. The summed E-state index contributed by atoms with van der Waals surface area (Å²) in [6.45, 7) is 0. The van der Waals surface area contributed by atoms with Crippen molar-refractivity contribution in [2.24, 2.45) is 0 Å². The SMILES string of the molecule is c1ccc2c(cc3ccccc3cc1)O2. The average molecular weight is 194 g/mol. The summed E-state index contributed by atoms with van der Waals surface area (Å²) in [7, 11) is 0. The summed E-state index contributed by atoms with van der Waals surface area (Å²) in [5.74, 6) is 1.94. The van der Waals surface area contributed by atoms with E-state index in [1.54, 1.807) is 0 Å². The van der Waals surface area contributed by atoms with Crippen LogP contribution in [0.15, 0.2) is 60.7 Å². The van der Waals surface area contributed by atoms with Gasteiger partial charge in [0.05, 0.1) is 0 Å². The summed E-state index contributed by atoms with van der Waals surface area (Å²) in [6.07, 6.45) is 0. The van der Waals surface area contributed by atoms with Crippen molar-refractivity contribution in [2.45, 2.75) is 0 Å². The van der Waals surface area contributed by atoms with E-state index < -0.39 is 0 Å². The predicted octanol–water partition coefficient (Wildman–Crippen LogP) is 4.07. The lowest BCUT2D eigenvalue weighted by molar-refractivity contribution is 0.649. The maximum atomic E-state index is 5.35. The van der Waals surface area contributed by atoms with Crippen molar-refractivity contribution in [3.05, 3.63) is 60.7 Å². The van der Waals surface area contributed by atoms with Crippen molar-refractivity contribution in [1.29, 1.82) is 0 Å². The van der Waals surface area contributed by atoms with Crippen molar-refractivity contribution in [3.63, 3.8) is 0 Å². The van der Waals surface area contributed by atoms with Gasteiger partial charge < -0.3 is 4.74 Å². The van der Waals surface area contributed by atoms with Crippen LogP contribution in [0.1, 0.15) is 0 Å². The molecule has 0 saturated heterocycles. The number of benzene rings is 1. The van der Waals surface area contributed by atoms with Crippen molar-refractivity contribution < 1.29 is 4.74 Å². The zero-order chi connectivity index (χ0) is 10.1. The third-order valence-corrected chi connectivity index (χ3v) is 2.45. The summed E-state index contributed by atoms with van der Waals surface area (Å²) in [6, 6.07) is 20.5. The van der Waals surface area contributed by atoms with E-state index in [1.807, 2.05) is 36.4 Å². The van der Waals surface area contributed by atoms with Gasteiger partial charge in [-0.1, -0.05) is 48.5 Å². The molecule has 1 aliphatic rings. The normalized spacial score (nSPS) is 11.2. The molecule has 1 nitrogen and oxygen atoms in total. The molecule has 2 aromatic rings. The average Bonchev–Trinajstić information content (AvgIpc) is 3.00. The second-order valence-electron chi connectivity index (χ2n) is 3.51. The standard InChI is InChI=1S/C14H10O/c1-2-6-11-7-4-5-8-12(11)10-14-13(15-14)9-3-1/h1-10H. The first-order valence-electron chi connectivity index (χ1n) is 4.97. The predicted molar refractivity (Wildman–Crippen MR) is 61.7 cm³/mol. The molecule has 1 heterocycles. The molecule has 15 heavy (non-hydrogen) atoms. The molecule has 0 spiro atoms. The highest BCUT2D eigenvalue weighted by Gasteiger charge is 2.15. The van der Waals surface area contributed by atoms with E-state index in [9.17, 15) is 0 Å². The maximum Gasteiger partial charge on any atom is 0.170 e. The quantitative estimate of drug-likeness (QED) is 0.491. The Morgan fingerprint density at radius 3 is 2.13 bits per heavy atom. The van der Waals surface area contributed by atoms with Gasteiger partial charge in [0, 0.05) is 0 Å². The highest BCUT2D eigenvalue weighted by Crippen LogP contribution is 2.43. The molecule has 0 N–H and O–H groups in total. The fourth-order valence-corrected chi connectivity index (χ4v) is 1.61. The fourth-order valence-electron chi connectivity index (χ4n) is 1.61. The lowest BCUT2D eigenvalue weighted by Crippen LogP contribution is -1.64. The van der Waals surface area contributed by atoms with E-state index in [4.69, 9.17) is 4.74 Å². The van der Waals surface area contributed by atoms with Crippen LogP contribution in [0, 0.1) is 0 Å². The maximum absolute atomic E-state index is 5.35. The van der Waals surface area contributed by atoms with E-state index in [0.717, 1.165) is 11.5 Å². The minimum Gasteiger partial charge on any atom is -0.449 e. The number of hydrogen-bond acceptors (Lipinski definition) is 1. The van der Waals surface area contributed by atoms with Crippen molar-refractivity contribution in [2.75, 3.05) is 0 Å². The van der Waals surface area contributed by atoms with Crippen LogP contribution in [0.3, 0.4) is 0 Å². The molecule has 0 radical (unpaired) electrons. The third-order valence-electron chi connectivity index (χ3n) is 2.45. The van der Waals surface area contributed by atoms with Gasteiger partial charge in [-0.25, -0.2) is 0 Å². The van der Waals surface area contributed by atoms with Crippen LogP contribution in [0.5, 0.6) is 11.5 Å². The third kappa shape index (κ3) is 1.64. The Labute approximate surface area is 88.3 Å². The first kappa shape index (κ1) is 8.30. The Hall–Kier alpha value is -2.02. The molecule has 1 heteroatoms. The lowest BCUT2D eigenvalue weighted by Gasteiger charge is -1.89. The van der Waals surface area contributed by atoms with E-state index in [2.05, 4.69) is 24.3 Å². The number of rotatable bonds is 0. The molecule has 3 rings (SSSR count). The fraction of sp³-hybridized carbons (Fsp3) is 0. The number of fused-ring (bicyclic) bond motifs is 2. The molecule has 0 aromatic heterocycles. The Morgan fingerprint density at radius 1 is 0.600 bits per heavy atom. The topological polar surface area (TPSA) is 12.5 Å². The van der Waals surface area contributed by atoms with Crippen LogP contribution < -0.4 is 4.74 Å². The van der Waals surface area contributed by atoms with Gasteiger partial charge in [-0.15, -0.1) is 0 Å². The zero-order valence-corrected chi connectivity index (χ0v) is 8.18. The van der Waals surface area contributed by atoms with Crippen molar-refractivity contribution in [1.82, 2.24) is 0 Å². The van der Waals surface area contributed by atoms with Gasteiger partial charge >= 0.3 is 0 Å². The molecule has 0 amide bonds. The number of ether oxygens (including phenoxy) is 1. The Kier molecular flexibility index (Phi) is 1.82. The first-order valence-corrected chi connectivity index (χ1v) is 4.97. The molecule has 2 aromatic carbocycles. The summed E-state index contributed by atoms with van der Waals surface area (Å²) in [5, 5.41) is 2.41. The Balaban J connectivity index is 2.38. The van der Waals surface area contributed by atoms with Crippen LogP contribution >= 0.6 is 0 Å². The highest BCUT2D eigenvalue weighted by molar-refractivity contribution is 5.83. The van der Waals surface area contributed by atoms with Gasteiger partial charge in [-0.2, -0.15) is 0 Å². The van der Waals surface area contributed by atoms with Gasteiger partial charge in [0.15, 0.2) is 11.5 Å². The molecular formula is C14H10O. The van der Waals surface area contributed by atoms with Crippen LogP contribution in [-0.2, 0) is 0 Å². The highest BCUT2D eigenvalue weighted by atomic mass is 16.6. The lowest BCUT2D eigenvalue weighted by atomic mass is 10.2. The molecular weight excluding hydrogens is 184 g/mol. The molecule has 72 valence electrons. The van der Waals surface area contributed by atoms with Crippen LogP contribution in [-0.4, -0.2) is 0 Å². The summed E-state index contributed by atoms with van der Waals surface area (Å²) in [5.41, 5.74) is 0. The molecule has 1 aliphatic heterocycles. The summed E-state index contributed by atoms with van der Waals surface area (Å²) >= 11 is 0. The Morgan fingerprint density at radius 2 is 1.27 bits per heavy atom. The molecule has 0 aliphatic carbocycles. The first-order chi connectivity index (χ1) is 7.43. The smallest absolute Gasteiger partial charge is 0.170 e. The van der Waals surface area contributed by atoms with Gasteiger partial charge in [-0.05, 0) is 22.9 Å². The van der Waals surface area contributed by atoms with E-state index >= 15 is 0 Å². The molecule has 0 atom stereocenters. The van der Waals surface area contributed by atoms with E-state index in [1.165, 1.54) is 10.8 Å². The van der Waals surface area contributed by atoms with Gasteiger partial charge in [0.25, 0.3) is 0 Å². The number of hydrogen-bond donors (Lipinski definition) is 0. The van der Waals surface area contributed by atoms with Crippen molar-refractivity contribution in [3.8, 4) is 11.5 Å². The van der Waals surface area contributed by atoms with Crippen molar-refractivity contribution >= 4 is 10.8 Å². The largest absolute Gasteiger partial charge is 0.449 e. The molecule has 0 saturated carbocycles. The van der Waals surface area contributed by atoms with Crippen LogP contribution in [0.2, 0.25) is 0 Å². The van der Waals surface area contributed by atoms with Crippen LogP contribution in [0.25, 0.3) is 10.8 Å². The van der Waals surface area contributed by atoms with Gasteiger partial charge in [-0.3, -0.25) is 0 Å². The second kappa shape index (κ2) is 3.28. The molecule has 0 bridgehead atoms. The van der Waals surface area contributed by atoms with Gasteiger partial charge in [0.1, 0.15) is 0 Å². The second-order valence-corrected chi connectivity index (χ2v) is 3.51. The summed E-state index contributed by atoms with van der Waals surface area (Å²) in [4.78, 5) is 0. The zero-order valence-electron chi connectivity index (χ0n) is 8.18. The van der Waals surface area contributed by atoms with Crippen LogP contribution in [0.4, 0.5) is 0 Å².